The molecule has 0 aromatic rings. The highest BCUT2D eigenvalue weighted by Crippen LogP contribution is 2.27. The Balaban J connectivity index is 1.80. The Hall–Kier alpha value is -0.810. The monoisotopic (exact) mass is 311 g/mol. The molecule has 128 valence electrons. The van der Waals surface area contributed by atoms with Crippen LogP contribution in [0.3, 0.4) is 0 Å². The number of hydrogen-bond donors (Lipinski definition) is 2. The van der Waals surface area contributed by atoms with Crippen LogP contribution in [0.25, 0.3) is 0 Å². The third-order valence-corrected chi connectivity index (χ3v) is 4.76. The van der Waals surface area contributed by atoms with Crippen LogP contribution in [-0.2, 0) is 4.74 Å². The molecule has 22 heavy (non-hydrogen) atoms. The molecule has 3 aliphatic rings. The summed E-state index contributed by atoms with van der Waals surface area (Å²) < 4.78 is 5.37. The van der Waals surface area contributed by atoms with Crippen molar-refractivity contribution in [2.75, 3.05) is 26.2 Å². The van der Waals surface area contributed by atoms with Gasteiger partial charge in [0.2, 0.25) is 0 Å². The summed E-state index contributed by atoms with van der Waals surface area (Å²) in [5.41, 5.74) is -0.450. The molecule has 0 aromatic heterocycles. The van der Waals surface area contributed by atoms with Gasteiger partial charge in [-0.25, -0.2) is 4.79 Å². The molecule has 2 atom stereocenters. The molecular formula is C17H33N3O2. The van der Waals surface area contributed by atoms with Gasteiger partial charge in [0.05, 0.1) is 0 Å². The number of hydrogen-bond acceptors (Lipinski definition) is 4. The molecule has 0 aliphatic carbocycles. The number of carbonyl (C=O) groups excluding carboxylic acids is 1. The fourth-order valence-electron chi connectivity index (χ4n) is 3.39. The summed E-state index contributed by atoms with van der Waals surface area (Å²) >= 11 is 0. The third kappa shape index (κ3) is 5.13. The maximum absolute atomic E-state index is 12.0. The molecule has 3 heterocycles. The average molecular weight is 311 g/mol. The molecular weight excluding hydrogens is 278 g/mol. The molecule has 3 aliphatic heterocycles. The van der Waals surface area contributed by atoms with Crippen LogP contribution in [0.2, 0.25) is 0 Å². The van der Waals surface area contributed by atoms with Crippen molar-refractivity contribution in [2.45, 2.75) is 65.1 Å². The van der Waals surface area contributed by atoms with Gasteiger partial charge >= 0.3 is 6.09 Å². The van der Waals surface area contributed by atoms with Gasteiger partial charge < -0.3 is 20.3 Å². The van der Waals surface area contributed by atoms with Crippen molar-refractivity contribution in [3.8, 4) is 0 Å². The van der Waals surface area contributed by atoms with Crippen molar-refractivity contribution in [1.29, 1.82) is 0 Å². The van der Waals surface area contributed by atoms with E-state index in [1.165, 1.54) is 25.9 Å². The van der Waals surface area contributed by atoms with Crippen molar-refractivity contribution in [1.82, 2.24) is 15.5 Å². The number of carbonyl (C=O) groups is 1. The van der Waals surface area contributed by atoms with Crippen molar-refractivity contribution in [3.63, 3.8) is 0 Å². The van der Waals surface area contributed by atoms with Crippen LogP contribution in [0.15, 0.2) is 0 Å². The highest BCUT2D eigenvalue weighted by Gasteiger charge is 2.34. The number of fused-ring (bicyclic) bond motifs is 3. The topological polar surface area (TPSA) is 53.6 Å². The number of ether oxygens (including phenoxy) is 1. The number of piperidine rings is 3. The lowest BCUT2D eigenvalue weighted by Crippen LogP contribution is -2.58. The van der Waals surface area contributed by atoms with Gasteiger partial charge in [-0.15, -0.1) is 0 Å². The van der Waals surface area contributed by atoms with Gasteiger partial charge in [0.15, 0.2) is 0 Å². The van der Waals surface area contributed by atoms with Crippen LogP contribution in [0, 0.1) is 11.8 Å². The summed E-state index contributed by atoms with van der Waals surface area (Å²) in [6.45, 7) is 14.4. The predicted molar refractivity (Wildman–Crippen MR) is 89.0 cm³/mol. The van der Waals surface area contributed by atoms with Gasteiger partial charge in [-0.1, -0.05) is 13.8 Å². The summed E-state index contributed by atoms with van der Waals surface area (Å²) in [6, 6.07) is 0.675. The van der Waals surface area contributed by atoms with Crippen LogP contribution in [0.5, 0.6) is 0 Å². The van der Waals surface area contributed by atoms with E-state index in [4.69, 9.17) is 4.74 Å². The van der Waals surface area contributed by atoms with Crippen LogP contribution < -0.4 is 10.6 Å². The van der Waals surface area contributed by atoms with Gasteiger partial charge in [-0.3, -0.25) is 0 Å². The molecule has 2 N–H and O–H groups in total. The maximum Gasteiger partial charge on any atom is 0.407 e. The summed E-state index contributed by atoms with van der Waals surface area (Å²) in [5.74, 6) is 1.18. The van der Waals surface area contributed by atoms with Gasteiger partial charge in [0.1, 0.15) is 5.60 Å². The van der Waals surface area contributed by atoms with Gasteiger partial charge in [0, 0.05) is 25.2 Å². The van der Waals surface area contributed by atoms with Crippen LogP contribution in [0.1, 0.15) is 47.5 Å². The zero-order valence-electron chi connectivity index (χ0n) is 14.8. The fourth-order valence-corrected chi connectivity index (χ4v) is 3.39. The maximum atomic E-state index is 12.0. The number of nitrogens with zero attached hydrogens (tertiary/aromatic N) is 1. The van der Waals surface area contributed by atoms with E-state index < -0.39 is 5.60 Å². The Morgan fingerprint density at radius 1 is 1.27 bits per heavy atom. The minimum absolute atomic E-state index is 0.102. The number of rotatable bonds is 5. The van der Waals surface area contributed by atoms with Crippen molar-refractivity contribution in [3.05, 3.63) is 0 Å². The summed E-state index contributed by atoms with van der Waals surface area (Å²) in [4.78, 5) is 14.5. The highest BCUT2D eigenvalue weighted by atomic mass is 16.6. The van der Waals surface area contributed by atoms with E-state index in [2.05, 4.69) is 29.4 Å². The van der Waals surface area contributed by atoms with Crippen molar-refractivity contribution in [2.24, 2.45) is 11.8 Å². The second-order valence-electron chi connectivity index (χ2n) is 8.15. The standard InChI is InChI=1S/C17H33N3O2/c1-12(2)14(19-16(21)22-17(3,4)5)10-18-15-11-20-8-6-13(15)7-9-20/h12-15,18H,6-11H2,1-5H3,(H,19,21). The first kappa shape index (κ1) is 17.5. The first-order chi connectivity index (χ1) is 10.2. The van der Waals surface area contributed by atoms with E-state index in [1.54, 1.807) is 0 Å². The lowest BCUT2D eigenvalue weighted by Gasteiger charge is -2.45. The normalized spacial score (nSPS) is 29.5. The number of nitrogens with one attached hydrogen (secondary N) is 2. The Morgan fingerprint density at radius 3 is 2.36 bits per heavy atom. The Kier molecular flexibility index (Phi) is 5.72. The quantitative estimate of drug-likeness (QED) is 0.817. The second-order valence-corrected chi connectivity index (χ2v) is 8.15. The van der Waals surface area contributed by atoms with Crippen molar-refractivity contribution < 1.29 is 9.53 Å². The van der Waals surface area contributed by atoms with Gasteiger partial charge in [-0.2, -0.15) is 0 Å². The zero-order chi connectivity index (χ0) is 16.3. The molecule has 0 radical (unpaired) electrons. The third-order valence-electron chi connectivity index (χ3n) is 4.76. The lowest BCUT2D eigenvalue weighted by atomic mass is 9.84. The Labute approximate surface area is 135 Å². The molecule has 2 bridgehead atoms. The molecule has 1 amide bonds. The molecule has 2 unspecified atom stereocenters. The van der Waals surface area contributed by atoms with E-state index in [-0.39, 0.29) is 12.1 Å². The SMILES string of the molecule is CC(C)C(CNC1CN2CCC1CC2)NC(=O)OC(C)(C)C. The van der Waals surface area contributed by atoms with E-state index in [9.17, 15) is 4.79 Å². The first-order valence-electron chi connectivity index (χ1n) is 8.70. The van der Waals surface area contributed by atoms with E-state index in [0.717, 1.165) is 19.0 Å². The number of amides is 1. The fraction of sp³-hybridized carbons (Fsp3) is 0.941. The highest BCUT2D eigenvalue weighted by molar-refractivity contribution is 5.68. The van der Waals surface area contributed by atoms with Crippen molar-refractivity contribution >= 4 is 6.09 Å². The van der Waals surface area contributed by atoms with E-state index in [0.29, 0.717) is 12.0 Å². The summed E-state index contributed by atoms with van der Waals surface area (Å²) in [6.07, 6.45) is 2.30. The Morgan fingerprint density at radius 2 is 1.91 bits per heavy atom. The minimum atomic E-state index is -0.450. The zero-order valence-corrected chi connectivity index (χ0v) is 14.8. The molecule has 3 rings (SSSR count). The van der Waals surface area contributed by atoms with Gasteiger partial charge in [0.25, 0.3) is 0 Å². The van der Waals surface area contributed by atoms with Crippen LogP contribution >= 0.6 is 0 Å². The lowest BCUT2D eigenvalue weighted by molar-refractivity contribution is 0.0472. The predicted octanol–water partition coefficient (Wildman–Crippen LogP) is 2.22. The molecule has 0 aromatic carbocycles. The molecule has 0 spiro atoms. The van der Waals surface area contributed by atoms with Gasteiger partial charge in [-0.05, 0) is 58.5 Å². The summed E-state index contributed by atoms with van der Waals surface area (Å²) in [5, 5.41) is 6.71. The van der Waals surface area contributed by atoms with Crippen LogP contribution in [-0.4, -0.2) is 54.9 Å². The largest absolute Gasteiger partial charge is 0.444 e. The second kappa shape index (κ2) is 7.18. The van der Waals surface area contributed by atoms with Crippen LogP contribution in [0.4, 0.5) is 4.79 Å². The first-order valence-corrected chi connectivity index (χ1v) is 8.70. The molecule has 5 heteroatoms. The molecule has 3 saturated heterocycles. The smallest absolute Gasteiger partial charge is 0.407 e. The molecule has 3 fully saturated rings. The minimum Gasteiger partial charge on any atom is -0.444 e. The number of alkyl carbamates (subject to hydrolysis) is 1. The Bertz CT molecular complexity index is 371. The summed E-state index contributed by atoms with van der Waals surface area (Å²) in [7, 11) is 0. The average Bonchev–Trinajstić information content (AvgIpc) is 2.42. The molecule has 5 nitrogen and oxygen atoms in total. The molecule has 0 saturated carbocycles. The van der Waals surface area contributed by atoms with E-state index >= 15 is 0 Å². The van der Waals surface area contributed by atoms with E-state index in [1.807, 2.05) is 20.8 Å².